The number of hydrogen-bond acceptors (Lipinski definition) is 3. The van der Waals surface area contributed by atoms with Crippen molar-refractivity contribution >= 4 is 5.71 Å². The van der Waals surface area contributed by atoms with Crippen LogP contribution in [0.4, 0.5) is 0 Å². The van der Waals surface area contributed by atoms with Gasteiger partial charge >= 0.3 is 0 Å². The fourth-order valence-electron chi connectivity index (χ4n) is 4.08. The molecule has 16 heavy (non-hydrogen) atoms. The molecule has 90 valence electrons. The Morgan fingerprint density at radius 2 is 1.75 bits per heavy atom. The predicted molar refractivity (Wildman–Crippen MR) is 63.9 cm³/mol. The molecule has 3 nitrogen and oxygen atoms in total. The molecule has 0 aromatic rings. The van der Waals surface area contributed by atoms with Gasteiger partial charge in [-0.15, -0.1) is 0 Å². The van der Waals surface area contributed by atoms with E-state index in [4.69, 9.17) is 5.21 Å². The summed E-state index contributed by atoms with van der Waals surface area (Å²) in [5, 5.41) is 12.8. The molecule has 0 radical (unpaired) electrons. The van der Waals surface area contributed by atoms with Gasteiger partial charge < -0.3 is 5.21 Å². The van der Waals surface area contributed by atoms with Crippen LogP contribution in [0.3, 0.4) is 0 Å². The van der Waals surface area contributed by atoms with Crippen LogP contribution in [0.2, 0.25) is 0 Å². The van der Waals surface area contributed by atoms with Gasteiger partial charge in [0.15, 0.2) is 0 Å². The molecule has 2 bridgehead atoms. The lowest BCUT2D eigenvalue weighted by Gasteiger charge is -2.40. The van der Waals surface area contributed by atoms with Crippen molar-refractivity contribution in [1.82, 2.24) is 4.90 Å². The average Bonchev–Trinajstić information content (AvgIpc) is 2.63. The van der Waals surface area contributed by atoms with Gasteiger partial charge in [-0.05, 0) is 51.6 Å². The molecule has 3 atom stereocenters. The van der Waals surface area contributed by atoms with Gasteiger partial charge in [0, 0.05) is 17.9 Å². The van der Waals surface area contributed by atoms with Gasteiger partial charge in [0.1, 0.15) is 0 Å². The Labute approximate surface area is 97.5 Å². The third-order valence-electron chi connectivity index (χ3n) is 4.87. The van der Waals surface area contributed by atoms with E-state index in [2.05, 4.69) is 10.1 Å². The van der Waals surface area contributed by atoms with Crippen molar-refractivity contribution in [1.29, 1.82) is 0 Å². The number of oxime groups is 1. The van der Waals surface area contributed by atoms with Crippen LogP contribution in [0.1, 0.15) is 44.9 Å². The molecule has 0 amide bonds. The van der Waals surface area contributed by atoms with Crippen molar-refractivity contribution in [2.75, 3.05) is 13.1 Å². The van der Waals surface area contributed by atoms with Crippen LogP contribution in [0.5, 0.6) is 0 Å². The Balaban J connectivity index is 1.75. The Bertz CT molecular complexity index is 284. The zero-order valence-corrected chi connectivity index (χ0v) is 9.94. The smallest absolute Gasteiger partial charge is 0.0648 e. The first-order valence-electron chi connectivity index (χ1n) is 6.86. The molecule has 1 aliphatic heterocycles. The minimum Gasteiger partial charge on any atom is -0.411 e. The van der Waals surface area contributed by atoms with Crippen LogP contribution in [0, 0.1) is 11.8 Å². The summed E-state index contributed by atoms with van der Waals surface area (Å²) in [6.07, 6.45) is 9.21. The van der Waals surface area contributed by atoms with Crippen LogP contribution in [-0.2, 0) is 0 Å². The molecule has 1 N–H and O–H groups in total. The standard InChI is InChI=1S/C13H22N2O/c16-14-13-10-4-6-11(13)12(7-5-10)15-8-2-1-3-9-15/h10-12,16H,1-9H2/b14-13+/t10-,11+,12-/m1/s1. The van der Waals surface area contributed by atoms with Crippen LogP contribution in [-0.4, -0.2) is 35.0 Å². The zero-order valence-electron chi connectivity index (χ0n) is 9.94. The second-order valence-electron chi connectivity index (χ2n) is 5.65. The summed E-state index contributed by atoms with van der Waals surface area (Å²) in [4.78, 5) is 2.67. The molecule has 0 spiro atoms. The Morgan fingerprint density at radius 1 is 1.00 bits per heavy atom. The van der Waals surface area contributed by atoms with Gasteiger partial charge in [0.25, 0.3) is 0 Å². The van der Waals surface area contributed by atoms with Crippen molar-refractivity contribution in [2.45, 2.75) is 51.0 Å². The first-order chi connectivity index (χ1) is 7.90. The van der Waals surface area contributed by atoms with E-state index < -0.39 is 0 Å². The number of rotatable bonds is 1. The van der Waals surface area contributed by atoms with E-state index in [9.17, 15) is 0 Å². The molecular formula is C13H22N2O. The maximum Gasteiger partial charge on any atom is 0.0648 e. The summed E-state index contributed by atoms with van der Waals surface area (Å²) in [6, 6.07) is 0.685. The monoisotopic (exact) mass is 222 g/mol. The molecule has 3 heteroatoms. The largest absolute Gasteiger partial charge is 0.411 e. The third-order valence-corrected chi connectivity index (χ3v) is 4.87. The highest BCUT2D eigenvalue weighted by Gasteiger charge is 2.44. The molecule has 2 aliphatic carbocycles. The third kappa shape index (κ3) is 1.65. The average molecular weight is 222 g/mol. The Hall–Kier alpha value is -0.570. The highest BCUT2D eigenvalue weighted by molar-refractivity contribution is 5.91. The summed E-state index contributed by atoms with van der Waals surface area (Å²) in [6.45, 7) is 2.54. The summed E-state index contributed by atoms with van der Waals surface area (Å²) in [5.41, 5.74) is 1.13. The van der Waals surface area contributed by atoms with Gasteiger partial charge in [-0.1, -0.05) is 11.6 Å². The summed E-state index contributed by atoms with van der Waals surface area (Å²) in [5.74, 6) is 1.18. The van der Waals surface area contributed by atoms with E-state index in [-0.39, 0.29) is 0 Å². The van der Waals surface area contributed by atoms with Crippen molar-refractivity contribution in [2.24, 2.45) is 17.0 Å². The topological polar surface area (TPSA) is 35.8 Å². The molecule has 1 heterocycles. The second-order valence-corrected chi connectivity index (χ2v) is 5.65. The van der Waals surface area contributed by atoms with Gasteiger partial charge in [0.05, 0.1) is 5.71 Å². The van der Waals surface area contributed by atoms with Gasteiger partial charge in [0.2, 0.25) is 0 Å². The SMILES string of the molecule is O/N=C1\[C@@H]2CC[C@H]1[C@H](N1CCCCC1)CC2. The predicted octanol–water partition coefficient (Wildman–Crippen LogP) is 2.49. The van der Waals surface area contributed by atoms with Crippen LogP contribution >= 0.6 is 0 Å². The first-order valence-corrected chi connectivity index (χ1v) is 6.86. The van der Waals surface area contributed by atoms with Crippen molar-refractivity contribution in [3.05, 3.63) is 0 Å². The molecule has 0 aromatic heterocycles. The van der Waals surface area contributed by atoms with Crippen LogP contribution in [0.15, 0.2) is 5.16 Å². The number of likely N-dealkylation sites (tertiary alicyclic amines) is 1. The van der Waals surface area contributed by atoms with Crippen LogP contribution < -0.4 is 0 Å². The van der Waals surface area contributed by atoms with Crippen LogP contribution in [0.25, 0.3) is 0 Å². The summed E-state index contributed by atoms with van der Waals surface area (Å²) in [7, 11) is 0. The number of nitrogens with zero attached hydrogens (tertiary/aromatic N) is 2. The first kappa shape index (κ1) is 10.6. The molecule has 3 aliphatic rings. The maximum absolute atomic E-state index is 9.16. The molecule has 0 aromatic carbocycles. The van der Waals surface area contributed by atoms with Gasteiger partial charge in [-0.3, -0.25) is 4.90 Å². The molecule has 1 saturated heterocycles. The number of piperidine rings is 1. The van der Waals surface area contributed by atoms with E-state index in [0.717, 1.165) is 5.71 Å². The fraction of sp³-hybridized carbons (Fsp3) is 0.923. The zero-order chi connectivity index (χ0) is 11.0. The van der Waals surface area contributed by atoms with E-state index in [0.29, 0.717) is 17.9 Å². The number of fused-ring (bicyclic) bond motifs is 2. The van der Waals surface area contributed by atoms with E-state index in [1.165, 1.54) is 58.0 Å². The highest BCUT2D eigenvalue weighted by atomic mass is 16.4. The molecule has 2 saturated carbocycles. The van der Waals surface area contributed by atoms with Crippen molar-refractivity contribution in [3.63, 3.8) is 0 Å². The maximum atomic E-state index is 9.16. The molecule has 3 fully saturated rings. The van der Waals surface area contributed by atoms with E-state index >= 15 is 0 Å². The van der Waals surface area contributed by atoms with Crippen molar-refractivity contribution < 1.29 is 5.21 Å². The van der Waals surface area contributed by atoms with E-state index in [1.807, 2.05) is 0 Å². The Kier molecular flexibility index (Phi) is 2.88. The van der Waals surface area contributed by atoms with Gasteiger partial charge in [-0.2, -0.15) is 0 Å². The number of hydrogen-bond donors (Lipinski definition) is 1. The lowest BCUT2D eigenvalue weighted by molar-refractivity contribution is 0.123. The van der Waals surface area contributed by atoms with Gasteiger partial charge in [-0.25, -0.2) is 0 Å². The molecular weight excluding hydrogens is 200 g/mol. The lowest BCUT2D eigenvalue weighted by atomic mass is 9.81. The quantitative estimate of drug-likeness (QED) is 0.546. The minimum atomic E-state index is 0.571. The summed E-state index contributed by atoms with van der Waals surface area (Å²) < 4.78 is 0. The molecule has 0 unspecified atom stereocenters. The summed E-state index contributed by atoms with van der Waals surface area (Å²) >= 11 is 0. The minimum absolute atomic E-state index is 0.571. The van der Waals surface area contributed by atoms with Crippen molar-refractivity contribution in [3.8, 4) is 0 Å². The lowest BCUT2D eigenvalue weighted by Crippen LogP contribution is -2.47. The fourth-order valence-corrected chi connectivity index (χ4v) is 4.08. The Morgan fingerprint density at radius 3 is 2.50 bits per heavy atom. The highest BCUT2D eigenvalue weighted by Crippen LogP contribution is 2.42. The second kappa shape index (κ2) is 4.36. The molecule has 3 rings (SSSR count). The normalized spacial score (nSPS) is 42.8. The van der Waals surface area contributed by atoms with E-state index in [1.54, 1.807) is 0 Å².